The molecule has 1 atom stereocenters. The second-order valence-corrected chi connectivity index (χ2v) is 9.20. The van der Waals surface area contributed by atoms with Gasteiger partial charge in [-0.3, -0.25) is 9.59 Å². The van der Waals surface area contributed by atoms with Gasteiger partial charge < -0.3 is 15.3 Å². The number of carbonyl (C=O) groups excluding carboxylic acids is 2. The van der Waals surface area contributed by atoms with Crippen LogP contribution in [0, 0.1) is 6.92 Å². The van der Waals surface area contributed by atoms with E-state index in [2.05, 4.69) is 20.7 Å². The van der Waals surface area contributed by atoms with E-state index in [9.17, 15) is 14.7 Å². The van der Waals surface area contributed by atoms with E-state index in [-0.39, 0.29) is 31.6 Å². The first-order valence-electron chi connectivity index (χ1n) is 11.8. The fourth-order valence-corrected chi connectivity index (χ4v) is 4.44. The molecule has 2 amide bonds. The highest BCUT2D eigenvalue weighted by Crippen LogP contribution is 2.26. The van der Waals surface area contributed by atoms with Gasteiger partial charge in [-0.05, 0) is 42.7 Å². The van der Waals surface area contributed by atoms with Crippen LogP contribution in [0.1, 0.15) is 42.9 Å². The number of halogens is 1. The number of carbonyl (C=O) groups is 2. The molecule has 1 aliphatic carbocycles. The Labute approximate surface area is 209 Å². The molecule has 0 saturated heterocycles. The molecule has 10 heteroatoms. The molecule has 1 unspecified atom stereocenters. The number of tetrazole rings is 1. The lowest BCUT2D eigenvalue weighted by molar-refractivity contribution is -0.142. The summed E-state index contributed by atoms with van der Waals surface area (Å²) in [6.07, 6.45) is 3.96. The molecule has 2 aromatic carbocycles. The number of benzene rings is 2. The Balaban J connectivity index is 1.57. The number of aromatic nitrogens is 4. The van der Waals surface area contributed by atoms with Crippen molar-refractivity contribution in [3.05, 3.63) is 64.7 Å². The largest absolute Gasteiger partial charge is 0.395 e. The quantitative estimate of drug-likeness (QED) is 0.471. The number of nitrogens with one attached hydrogen (secondary N) is 1. The van der Waals surface area contributed by atoms with Crippen LogP contribution in [0.4, 0.5) is 0 Å². The third kappa shape index (κ3) is 6.23. The summed E-state index contributed by atoms with van der Waals surface area (Å²) in [6, 6.07) is 13.6. The molecule has 0 aliphatic heterocycles. The van der Waals surface area contributed by atoms with E-state index in [1.165, 1.54) is 9.70 Å². The van der Waals surface area contributed by atoms with Gasteiger partial charge in [-0.15, -0.1) is 10.2 Å². The van der Waals surface area contributed by atoms with E-state index in [0.717, 1.165) is 36.8 Å². The van der Waals surface area contributed by atoms with Gasteiger partial charge in [-0.2, -0.15) is 4.80 Å². The minimum atomic E-state index is -0.924. The summed E-state index contributed by atoms with van der Waals surface area (Å²) in [6.45, 7) is 1.44. The molecule has 1 aliphatic rings. The number of amides is 2. The van der Waals surface area contributed by atoms with Crippen LogP contribution in [0.2, 0.25) is 5.02 Å². The second kappa shape index (κ2) is 11.4. The average Bonchev–Trinajstić information content (AvgIpc) is 3.53. The Kier molecular flexibility index (Phi) is 8.09. The lowest BCUT2D eigenvalue weighted by atomic mass is 10.0. The van der Waals surface area contributed by atoms with Crippen LogP contribution in [-0.2, 0) is 16.1 Å². The lowest BCUT2D eigenvalue weighted by Gasteiger charge is -2.31. The molecule has 4 rings (SSSR count). The van der Waals surface area contributed by atoms with E-state index < -0.39 is 11.9 Å². The smallest absolute Gasteiger partial charge is 0.247 e. The summed E-state index contributed by atoms with van der Waals surface area (Å²) in [5.74, 6) is -0.291. The van der Waals surface area contributed by atoms with Gasteiger partial charge in [-0.1, -0.05) is 66.4 Å². The highest BCUT2D eigenvalue weighted by atomic mass is 35.5. The first kappa shape index (κ1) is 24.8. The maximum absolute atomic E-state index is 13.4. The lowest BCUT2D eigenvalue weighted by Crippen LogP contribution is -2.48. The molecular weight excluding hydrogens is 468 g/mol. The Morgan fingerprint density at radius 2 is 1.83 bits per heavy atom. The van der Waals surface area contributed by atoms with Gasteiger partial charge in [0.2, 0.25) is 17.6 Å². The molecule has 0 bridgehead atoms. The number of aryl methyl sites for hydroxylation is 1. The van der Waals surface area contributed by atoms with E-state index in [4.69, 9.17) is 11.6 Å². The minimum Gasteiger partial charge on any atom is -0.395 e. The van der Waals surface area contributed by atoms with Gasteiger partial charge in [0, 0.05) is 23.2 Å². The molecule has 3 aromatic rings. The van der Waals surface area contributed by atoms with E-state index in [0.29, 0.717) is 16.4 Å². The van der Waals surface area contributed by atoms with Gasteiger partial charge in [-0.25, -0.2) is 0 Å². The summed E-state index contributed by atoms with van der Waals surface area (Å²) in [4.78, 5) is 29.4. The van der Waals surface area contributed by atoms with Crippen molar-refractivity contribution < 1.29 is 14.7 Å². The molecule has 9 nitrogen and oxygen atoms in total. The van der Waals surface area contributed by atoms with Gasteiger partial charge in [0.1, 0.15) is 12.6 Å². The van der Waals surface area contributed by atoms with Crippen LogP contribution in [0.25, 0.3) is 11.4 Å². The Hall–Kier alpha value is -3.30. The van der Waals surface area contributed by atoms with Crippen molar-refractivity contribution in [2.24, 2.45) is 0 Å². The molecule has 0 spiro atoms. The maximum Gasteiger partial charge on any atom is 0.247 e. The first-order chi connectivity index (χ1) is 16.9. The highest BCUT2D eigenvalue weighted by molar-refractivity contribution is 6.30. The SMILES string of the molecule is Cc1ccc(-c2nnn(CC(=O)N(CCO)C(C(=O)NC3CCCC3)c3ccc(Cl)cc3)n2)cc1. The van der Waals surface area contributed by atoms with Crippen molar-refractivity contribution in [2.75, 3.05) is 13.2 Å². The van der Waals surface area contributed by atoms with Crippen LogP contribution in [0.5, 0.6) is 0 Å². The third-order valence-corrected chi connectivity index (χ3v) is 6.40. The number of nitrogens with zero attached hydrogens (tertiary/aromatic N) is 5. The molecule has 184 valence electrons. The summed E-state index contributed by atoms with van der Waals surface area (Å²) >= 11 is 6.06. The number of aliphatic hydroxyl groups is 1. The predicted molar refractivity (Wildman–Crippen MR) is 131 cm³/mol. The molecule has 1 aromatic heterocycles. The fraction of sp³-hybridized carbons (Fsp3) is 0.400. The third-order valence-electron chi connectivity index (χ3n) is 6.15. The van der Waals surface area contributed by atoms with Crippen LogP contribution in [-0.4, -0.2) is 61.2 Å². The zero-order valence-corrected chi connectivity index (χ0v) is 20.4. The molecule has 35 heavy (non-hydrogen) atoms. The van der Waals surface area contributed by atoms with Crippen molar-refractivity contribution in [1.82, 2.24) is 30.4 Å². The van der Waals surface area contributed by atoms with Crippen molar-refractivity contribution in [3.8, 4) is 11.4 Å². The summed E-state index contributed by atoms with van der Waals surface area (Å²) < 4.78 is 0. The maximum atomic E-state index is 13.4. The molecule has 1 fully saturated rings. The summed E-state index contributed by atoms with van der Waals surface area (Å²) in [5.41, 5.74) is 2.51. The molecule has 1 heterocycles. The summed E-state index contributed by atoms with van der Waals surface area (Å²) in [7, 11) is 0. The number of rotatable bonds is 9. The van der Waals surface area contributed by atoms with Crippen LogP contribution in [0.15, 0.2) is 48.5 Å². The van der Waals surface area contributed by atoms with Crippen molar-refractivity contribution >= 4 is 23.4 Å². The monoisotopic (exact) mass is 496 g/mol. The zero-order chi connectivity index (χ0) is 24.8. The van der Waals surface area contributed by atoms with Gasteiger partial charge >= 0.3 is 0 Å². The number of hydrogen-bond donors (Lipinski definition) is 2. The standard InChI is InChI=1S/C25H29ClN6O3/c1-17-6-8-19(9-7-17)24-28-30-32(29-24)16-22(34)31(14-15-33)23(18-10-12-20(26)13-11-18)25(35)27-21-4-2-3-5-21/h6-13,21,23,33H,2-5,14-16H2,1H3,(H,27,35). The van der Waals surface area contributed by atoms with E-state index in [1.54, 1.807) is 24.3 Å². The van der Waals surface area contributed by atoms with Crippen molar-refractivity contribution in [2.45, 2.75) is 51.2 Å². The molecular formula is C25H29ClN6O3. The zero-order valence-electron chi connectivity index (χ0n) is 19.6. The van der Waals surface area contributed by atoms with E-state index in [1.807, 2.05) is 31.2 Å². The molecule has 0 radical (unpaired) electrons. The number of hydrogen-bond acceptors (Lipinski definition) is 6. The van der Waals surface area contributed by atoms with Gasteiger partial charge in [0.05, 0.1) is 6.61 Å². The molecule has 2 N–H and O–H groups in total. The number of aliphatic hydroxyl groups excluding tert-OH is 1. The van der Waals surface area contributed by atoms with Crippen molar-refractivity contribution in [3.63, 3.8) is 0 Å². The minimum absolute atomic E-state index is 0.0241. The van der Waals surface area contributed by atoms with Crippen LogP contribution in [0.3, 0.4) is 0 Å². The average molecular weight is 497 g/mol. The predicted octanol–water partition coefficient (Wildman–Crippen LogP) is 2.92. The van der Waals surface area contributed by atoms with Crippen LogP contribution >= 0.6 is 11.6 Å². The normalized spacial score (nSPS) is 14.6. The Bertz CT molecular complexity index is 1140. The second-order valence-electron chi connectivity index (χ2n) is 8.76. The van der Waals surface area contributed by atoms with Crippen LogP contribution < -0.4 is 5.32 Å². The topological polar surface area (TPSA) is 113 Å². The van der Waals surface area contributed by atoms with Crippen molar-refractivity contribution in [1.29, 1.82) is 0 Å². The Morgan fingerprint density at radius 1 is 1.14 bits per heavy atom. The van der Waals surface area contributed by atoms with Gasteiger partial charge in [0.25, 0.3) is 0 Å². The molecule has 1 saturated carbocycles. The summed E-state index contributed by atoms with van der Waals surface area (Å²) in [5, 5.41) is 25.8. The Morgan fingerprint density at radius 3 is 2.49 bits per heavy atom. The van der Waals surface area contributed by atoms with E-state index >= 15 is 0 Å². The first-order valence-corrected chi connectivity index (χ1v) is 12.1. The highest BCUT2D eigenvalue weighted by Gasteiger charge is 2.33. The van der Waals surface area contributed by atoms with Gasteiger partial charge in [0.15, 0.2) is 0 Å². The fourth-order valence-electron chi connectivity index (χ4n) is 4.31.